The quantitative estimate of drug-likeness (QED) is 0.119. The summed E-state index contributed by atoms with van der Waals surface area (Å²) in [6.45, 7) is 8.41. The topological polar surface area (TPSA) is 0 Å². The molecule has 0 saturated heterocycles. The fraction of sp³-hybridized carbons (Fsp3) is 0.234. The van der Waals surface area contributed by atoms with Crippen LogP contribution in [0.15, 0.2) is 121 Å². The summed E-state index contributed by atoms with van der Waals surface area (Å²) in [5.41, 5.74) is 8.77. The maximum atomic E-state index is 14.7. The van der Waals surface area contributed by atoms with E-state index in [1.165, 1.54) is 22.3 Å². The highest BCUT2D eigenvalue weighted by Gasteiger charge is 2.17. The predicted molar refractivity (Wildman–Crippen MR) is 206 cm³/mol. The van der Waals surface area contributed by atoms with Crippen molar-refractivity contribution in [1.29, 1.82) is 0 Å². The Kier molecular flexibility index (Phi) is 13.0. The van der Waals surface area contributed by atoms with Crippen LogP contribution in [0.1, 0.15) is 69.2 Å². The maximum absolute atomic E-state index is 14.7. The number of hydrogen-bond acceptors (Lipinski definition) is 0. The Morgan fingerprint density at radius 3 is 0.843 bits per heavy atom. The molecule has 0 heterocycles. The van der Waals surface area contributed by atoms with E-state index < -0.39 is 23.3 Å². The van der Waals surface area contributed by atoms with Gasteiger partial charge in [0.1, 0.15) is 0 Å². The fourth-order valence-electron chi connectivity index (χ4n) is 6.20. The largest absolute Gasteiger partial charge is 0.203 e. The fourth-order valence-corrected chi connectivity index (χ4v) is 6.20. The average Bonchev–Trinajstić information content (AvgIpc) is 3.17. The minimum Gasteiger partial charge on any atom is -0.203 e. The first kappa shape index (κ1) is 37.3. The number of benzene rings is 6. The van der Waals surface area contributed by atoms with Crippen LogP contribution in [-0.2, 0) is 25.7 Å². The van der Waals surface area contributed by atoms with Crippen molar-refractivity contribution in [1.82, 2.24) is 0 Å². The molecule has 6 aromatic carbocycles. The van der Waals surface area contributed by atoms with Crippen molar-refractivity contribution in [3.8, 4) is 44.5 Å². The molecule has 6 aromatic rings. The second-order valence-electron chi connectivity index (χ2n) is 12.9. The third-order valence-electron chi connectivity index (χ3n) is 9.40. The Morgan fingerprint density at radius 1 is 0.314 bits per heavy atom. The van der Waals surface area contributed by atoms with Crippen LogP contribution in [0.25, 0.3) is 44.5 Å². The summed E-state index contributed by atoms with van der Waals surface area (Å²) in [7, 11) is 0. The molecular weight excluding hydrogens is 641 g/mol. The molecule has 0 amide bonds. The lowest BCUT2D eigenvalue weighted by atomic mass is 9.97. The monoisotopic (exact) mass is 686 g/mol. The van der Waals surface area contributed by atoms with Gasteiger partial charge in [0.05, 0.1) is 0 Å². The van der Waals surface area contributed by atoms with Crippen LogP contribution in [0.4, 0.5) is 17.6 Å². The standard InChI is InChI=1S/C24H24F2.C23H22F2/c1-3-5-6-18-9-13-20(14-10-18)22-16-15-21(23(25)24(22)26)19-11-7-17(4-2)8-12-19;1-3-5-17-8-12-19(13-9-17)21-15-14-20(22(24)23(21)25)18-10-6-16(4-2)7-11-18/h7-16H,3-6H2,1-2H3;6-15H,3-5H2,1-2H3. The van der Waals surface area contributed by atoms with Gasteiger partial charge in [-0.25, -0.2) is 17.6 Å². The molecule has 0 aromatic heterocycles. The van der Waals surface area contributed by atoms with Gasteiger partial charge in [-0.15, -0.1) is 0 Å². The Bertz CT molecular complexity index is 2010. The van der Waals surface area contributed by atoms with Gasteiger partial charge in [0, 0.05) is 22.3 Å². The zero-order chi connectivity index (χ0) is 36.3. The van der Waals surface area contributed by atoms with Crippen molar-refractivity contribution in [3.05, 3.63) is 167 Å². The van der Waals surface area contributed by atoms with Gasteiger partial charge in [0.2, 0.25) is 0 Å². The van der Waals surface area contributed by atoms with E-state index >= 15 is 0 Å². The Hall–Kier alpha value is -4.96. The summed E-state index contributed by atoms with van der Waals surface area (Å²) in [4.78, 5) is 0. The highest BCUT2D eigenvalue weighted by Crippen LogP contribution is 2.33. The molecule has 0 aliphatic carbocycles. The van der Waals surface area contributed by atoms with Crippen LogP contribution in [-0.4, -0.2) is 0 Å². The zero-order valence-corrected chi connectivity index (χ0v) is 30.0. The molecule has 0 unspecified atom stereocenters. The van der Waals surface area contributed by atoms with E-state index in [1.54, 1.807) is 24.3 Å². The Balaban J connectivity index is 0.000000198. The average molecular weight is 687 g/mol. The second-order valence-corrected chi connectivity index (χ2v) is 12.9. The molecular formula is C47H46F4. The minimum atomic E-state index is -0.792. The first-order chi connectivity index (χ1) is 24.8. The van der Waals surface area contributed by atoms with Crippen molar-refractivity contribution in [2.24, 2.45) is 0 Å². The van der Waals surface area contributed by atoms with Crippen LogP contribution in [0.5, 0.6) is 0 Å². The SMILES string of the molecule is CCCCc1ccc(-c2ccc(-c3ccc(CC)cc3)c(F)c2F)cc1.CCCc1ccc(-c2ccc(-c3ccc(CC)cc3)c(F)c2F)cc1. The minimum absolute atomic E-state index is 0.298. The van der Waals surface area contributed by atoms with Crippen molar-refractivity contribution in [2.45, 2.75) is 72.6 Å². The lowest BCUT2D eigenvalue weighted by molar-refractivity contribution is 0.514. The van der Waals surface area contributed by atoms with Crippen molar-refractivity contribution >= 4 is 0 Å². The molecule has 0 atom stereocenters. The van der Waals surface area contributed by atoms with E-state index in [4.69, 9.17) is 0 Å². The predicted octanol–water partition coefficient (Wildman–Crippen LogP) is 14.0. The van der Waals surface area contributed by atoms with E-state index in [2.05, 4.69) is 27.7 Å². The summed E-state index contributed by atoms with van der Waals surface area (Å²) in [6.07, 6.45) is 7.18. The van der Waals surface area contributed by atoms with Gasteiger partial charge in [-0.1, -0.05) is 162 Å². The first-order valence-electron chi connectivity index (χ1n) is 18.1. The van der Waals surface area contributed by atoms with Gasteiger partial charge in [0.25, 0.3) is 0 Å². The highest BCUT2D eigenvalue weighted by molar-refractivity contribution is 5.73. The van der Waals surface area contributed by atoms with Crippen LogP contribution in [0.2, 0.25) is 0 Å². The summed E-state index contributed by atoms with van der Waals surface area (Å²) in [6, 6.07) is 37.3. The molecule has 0 aliphatic heterocycles. The Morgan fingerprint density at radius 2 is 0.588 bits per heavy atom. The van der Waals surface area contributed by atoms with Crippen molar-refractivity contribution in [2.75, 3.05) is 0 Å². The molecule has 0 radical (unpaired) electrons. The van der Waals surface area contributed by atoms with Gasteiger partial charge in [-0.05, 0) is 76.6 Å². The number of unbranched alkanes of at least 4 members (excludes halogenated alkanes) is 1. The van der Waals surface area contributed by atoms with Crippen LogP contribution in [0.3, 0.4) is 0 Å². The molecule has 0 bridgehead atoms. The number of hydrogen-bond donors (Lipinski definition) is 0. The summed E-state index contributed by atoms with van der Waals surface area (Å²) < 4.78 is 58.7. The van der Waals surface area contributed by atoms with Crippen LogP contribution < -0.4 is 0 Å². The van der Waals surface area contributed by atoms with Gasteiger partial charge < -0.3 is 0 Å². The normalized spacial score (nSPS) is 10.9. The van der Waals surface area contributed by atoms with Gasteiger partial charge in [0.15, 0.2) is 23.3 Å². The van der Waals surface area contributed by atoms with E-state index in [0.29, 0.717) is 44.5 Å². The summed E-state index contributed by atoms with van der Waals surface area (Å²) >= 11 is 0. The van der Waals surface area contributed by atoms with Crippen molar-refractivity contribution < 1.29 is 17.6 Å². The van der Waals surface area contributed by atoms with Crippen LogP contribution >= 0.6 is 0 Å². The summed E-state index contributed by atoms with van der Waals surface area (Å²) in [5, 5.41) is 0. The van der Waals surface area contributed by atoms with E-state index in [9.17, 15) is 17.6 Å². The molecule has 0 N–H and O–H groups in total. The third-order valence-corrected chi connectivity index (χ3v) is 9.40. The molecule has 262 valence electrons. The van der Waals surface area contributed by atoms with Crippen LogP contribution in [0, 0.1) is 23.3 Å². The highest BCUT2D eigenvalue weighted by atomic mass is 19.2. The van der Waals surface area contributed by atoms with Gasteiger partial charge >= 0.3 is 0 Å². The van der Waals surface area contributed by atoms with E-state index in [-0.39, 0.29) is 0 Å². The number of rotatable bonds is 11. The number of halogens is 4. The van der Waals surface area contributed by atoms with Gasteiger partial charge in [-0.3, -0.25) is 0 Å². The molecule has 4 heteroatoms. The first-order valence-corrected chi connectivity index (χ1v) is 18.1. The lowest BCUT2D eigenvalue weighted by Gasteiger charge is -2.10. The van der Waals surface area contributed by atoms with E-state index in [1.807, 2.05) is 97.1 Å². The lowest BCUT2D eigenvalue weighted by Crippen LogP contribution is -1.94. The summed E-state index contributed by atoms with van der Waals surface area (Å²) in [5.74, 6) is -3.16. The second kappa shape index (κ2) is 17.8. The molecule has 0 fully saturated rings. The molecule has 0 saturated carbocycles. The number of aryl methyl sites for hydroxylation is 4. The smallest absolute Gasteiger partial charge is 0.167 e. The zero-order valence-electron chi connectivity index (χ0n) is 30.0. The van der Waals surface area contributed by atoms with Gasteiger partial charge in [-0.2, -0.15) is 0 Å². The molecule has 0 spiro atoms. The molecule has 51 heavy (non-hydrogen) atoms. The maximum Gasteiger partial charge on any atom is 0.167 e. The third kappa shape index (κ3) is 9.05. The van der Waals surface area contributed by atoms with E-state index in [0.717, 1.165) is 44.9 Å². The molecule has 0 aliphatic rings. The Labute approximate surface area is 300 Å². The molecule has 0 nitrogen and oxygen atoms in total. The van der Waals surface area contributed by atoms with Crippen molar-refractivity contribution in [3.63, 3.8) is 0 Å². The molecule has 6 rings (SSSR count).